The van der Waals surface area contributed by atoms with Crippen LogP contribution in [0.15, 0.2) is 72.8 Å². The summed E-state index contributed by atoms with van der Waals surface area (Å²) in [5, 5.41) is 0. The molecule has 0 unspecified atom stereocenters. The van der Waals surface area contributed by atoms with Gasteiger partial charge in [-0.2, -0.15) is 0 Å². The van der Waals surface area contributed by atoms with E-state index in [1.807, 2.05) is 0 Å². The van der Waals surface area contributed by atoms with E-state index in [0.29, 0.717) is 11.6 Å². The molecule has 42 heavy (non-hydrogen) atoms. The Kier molecular flexibility index (Phi) is 8.85. The van der Waals surface area contributed by atoms with Crippen LogP contribution < -0.4 is 9.47 Å². The molecule has 0 heterocycles. The van der Waals surface area contributed by atoms with Crippen molar-refractivity contribution in [2.75, 3.05) is 7.11 Å². The molecule has 0 N–H and O–H groups in total. The Labute approximate surface area is 238 Å². The summed E-state index contributed by atoms with van der Waals surface area (Å²) in [5.41, 5.74) is 1.26. The number of esters is 3. The molecule has 0 amide bonds. The molecule has 0 aliphatic rings. The van der Waals surface area contributed by atoms with Crippen LogP contribution in [0.5, 0.6) is 11.5 Å². The standard InChI is InChI=1S/C32H23F3O7/c1-17-4-8-22(26(34)12-17)19-5-10-28(24(13-19)18(2)36)41-30(37)16-31(38)42-29-11-6-20(14-25(29)32(39)40-3)23-9-7-21(33)15-27(23)35/h4-15H,16H2,1-3H3. The first-order valence-electron chi connectivity index (χ1n) is 12.5. The summed E-state index contributed by atoms with van der Waals surface area (Å²) in [5.74, 6) is -6.11. The minimum atomic E-state index is -1.10. The van der Waals surface area contributed by atoms with Gasteiger partial charge in [0, 0.05) is 17.2 Å². The Hall–Kier alpha value is -5.25. The lowest BCUT2D eigenvalue weighted by Gasteiger charge is -2.13. The summed E-state index contributed by atoms with van der Waals surface area (Å²) < 4.78 is 57.2. The lowest BCUT2D eigenvalue weighted by atomic mass is 9.99. The normalized spacial score (nSPS) is 10.6. The van der Waals surface area contributed by atoms with E-state index in [1.54, 1.807) is 19.1 Å². The number of hydrogen-bond acceptors (Lipinski definition) is 7. The molecule has 0 atom stereocenters. The first kappa shape index (κ1) is 29.7. The van der Waals surface area contributed by atoms with Crippen molar-refractivity contribution in [1.29, 1.82) is 0 Å². The second-order valence-electron chi connectivity index (χ2n) is 9.20. The van der Waals surface area contributed by atoms with Gasteiger partial charge >= 0.3 is 17.9 Å². The molecule has 7 nitrogen and oxygen atoms in total. The predicted molar refractivity (Wildman–Crippen MR) is 146 cm³/mol. The van der Waals surface area contributed by atoms with Gasteiger partial charge in [-0.1, -0.05) is 24.3 Å². The van der Waals surface area contributed by atoms with Crippen molar-refractivity contribution in [3.8, 4) is 33.8 Å². The lowest BCUT2D eigenvalue weighted by molar-refractivity contribution is -0.144. The molecular formula is C32H23F3O7. The average Bonchev–Trinajstić information content (AvgIpc) is 2.93. The van der Waals surface area contributed by atoms with Crippen molar-refractivity contribution >= 4 is 23.7 Å². The SMILES string of the molecule is COC(=O)c1cc(-c2ccc(F)cc2F)ccc1OC(=O)CC(=O)Oc1ccc(-c2ccc(C)cc2F)cc1C(C)=O. The third-order valence-corrected chi connectivity index (χ3v) is 6.16. The molecule has 0 fully saturated rings. The maximum atomic E-state index is 14.5. The van der Waals surface area contributed by atoms with Crippen molar-refractivity contribution in [3.63, 3.8) is 0 Å². The lowest BCUT2D eigenvalue weighted by Crippen LogP contribution is -2.20. The first-order chi connectivity index (χ1) is 20.0. The highest BCUT2D eigenvalue weighted by molar-refractivity contribution is 6.00. The average molecular weight is 577 g/mol. The molecule has 0 aliphatic carbocycles. The highest BCUT2D eigenvalue weighted by Crippen LogP contribution is 2.31. The number of rotatable bonds is 8. The summed E-state index contributed by atoms with van der Waals surface area (Å²) in [6, 6.07) is 15.4. The van der Waals surface area contributed by atoms with Crippen LogP contribution in [0.4, 0.5) is 13.2 Å². The number of methoxy groups -OCH3 is 1. The van der Waals surface area contributed by atoms with E-state index in [4.69, 9.17) is 14.2 Å². The molecule has 0 bridgehead atoms. The van der Waals surface area contributed by atoms with E-state index in [1.165, 1.54) is 55.5 Å². The van der Waals surface area contributed by atoms with Crippen LogP contribution in [-0.2, 0) is 14.3 Å². The van der Waals surface area contributed by atoms with E-state index in [0.717, 1.165) is 18.7 Å². The topological polar surface area (TPSA) is 96.0 Å². The predicted octanol–water partition coefficient (Wildman–Crippen LogP) is 6.64. The van der Waals surface area contributed by atoms with Gasteiger partial charge in [-0.25, -0.2) is 18.0 Å². The number of carbonyl (C=O) groups is 4. The molecule has 0 saturated heterocycles. The summed E-state index contributed by atoms with van der Waals surface area (Å²) in [7, 11) is 1.08. The van der Waals surface area contributed by atoms with E-state index in [-0.39, 0.29) is 39.3 Å². The van der Waals surface area contributed by atoms with Gasteiger partial charge in [-0.05, 0) is 73.0 Å². The second-order valence-corrected chi connectivity index (χ2v) is 9.20. The van der Waals surface area contributed by atoms with Gasteiger partial charge in [0.25, 0.3) is 0 Å². The fourth-order valence-electron chi connectivity index (χ4n) is 4.13. The van der Waals surface area contributed by atoms with Gasteiger partial charge in [0.15, 0.2) is 5.78 Å². The molecule has 0 aliphatic heterocycles. The summed E-state index contributed by atoms with van der Waals surface area (Å²) in [6.45, 7) is 2.98. The van der Waals surface area contributed by atoms with E-state index in [9.17, 15) is 32.3 Å². The van der Waals surface area contributed by atoms with E-state index >= 15 is 0 Å². The maximum absolute atomic E-state index is 14.5. The number of aryl methyl sites for hydroxylation is 1. The molecule has 214 valence electrons. The summed E-state index contributed by atoms with van der Waals surface area (Å²) >= 11 is 0. The van der Waals surface area contributed by atoms with Crippen LogP contribution in [0.3, 0.4) is 0 Å². The third-order valence-electron chi connectivity index (χ3n) is 6.16. The molecule has 0 radical (unpaired) electrons. The van der Waals surface area contributed by atoms with Crippen molar-refractivity contribution in [2.24, 2.45) is 0 Å². The number of benzene rings is 4. The summed E-state index contributed by atoms with van der Waals surface area (Å²) in [6.07, 6.45) is -0.902. The van der Waals surface area contributed by atoms with Gasteiger partial charge in [-0.15, -0.1) is 0 Å². The zero-order valence-electron chi connectivity index (χ0n) is 22.6. The second kappa shape index (κ2) is 12.5. The van der Waals surface area contributed by atoms with E-state index in [2.05, 4.69) is 0 Å². The Bertz CT molecular complexity index is 1730. The monoisotopic (exact) mass is 576 g/mol. The van der Waals surface area contributed by atoms with Crippen molar-refractivity contribution in [2.45, 2.75) is 20.3 Å². The molecular weight excluding hydrogens is 553 g/mol. The highest BCUT2D eigenvalue weighted by Gasteiger charge is 2.22. The Morgan fingerprint density at radius 1 is 0.667 bits per heavy atom. The Morgan fingerprint density at radius 3 is 1.71 bits per heavy atom. The van der Waals surface area contributed by atoms with Gasteiger partial charge in [-0.3, -0.25) is 14.4 Å². The van der Waals surface area contributed by atoms with Crippen molar-refractivity contribution in [3.05, 3.63) is 107 Å². The molecule has 0 saturated carbocycles. The smallest absolute Gasteiger partial charge is 0.341 e. The highest BCUT2D eigenvalue weighted by atomic mass is 19.1. The number of carbonyl (C=O) groups excluding carboxylic acids is 4. The van der Waals surface area contributed by atoms with Crippen LogP contribution in [0.25, 0.3) is 22.3 Å². The zero-order chi connectivity index (χ0) is 30.6. The molecule has 0 aromatic heterocycles. The Morgan fingerprint density at radius 2 is 1.19 bits per heavy atom. The number of halogens is 3. The number of ether oxygens (including phenoxy) is 3. The van der Waals surface area contributed by atoms with E-state index < -0.39 is 47.6 Å². The van der Waals surface area contributed by atoms with Crippen molar-refractivity contribution in [1.82, 2.24) is 0 Å². The number of hydrogen-bond donors (Lipinski definition) is 0. The number of Topliss-reactive ketones (excluding diaryl/α,β-unsaturated/α-hetero) is 1. The molecule has 4 rings (SSSR count). The Balaban J connectivity index is 1.51. The van der Waals surface area contributed by atoms with Crippen LogP contribution in [0.1, 0.15) is 39.6 Å². The molecule has 4 aromatic carbocycles. The largest absolute Gasteiger partial charge is 0.465 e. The van der Waals surface area contributed by atoms with Gasteiger partial charge in [0.1, 0.15) is 40.9 Å². The van der Waals surface area contributed by atoms with Gasteiger partial charge in [0.2, 0.25) is 0 Å². The van der Waals surface area contributed by atoms with Crippen LogP contribution in [0, 0.1) is 24.4 Å². The molecule has 4 aromatic rings. The minimum absolute atomic E-state index is 0.00853. The van der Waals surface area contributed by atoms with Gasteiger partial charge < -0.3 is 14.2 Å². The van der Waals surface area contributed by atoms with Gasteiger partial charge in [0.05, 0.1) is 12.7 Å². The fraction of sp³-hybridized carbons (Fsp3) is 0.125. The third kappa shape index (κ3) is 6.72. The maximum Gasteiger partial charge on any atom is 0.341 e. The molecule has 10 heteroatoms. The summed E-state index contributed by atoms with van der Waals surface area (Å²) in [4.78, 5) is 49.7. The van der Waals surface area contributed by atoms with Crippen LogP contribution in [0.2, 0.25) is 0 Å². The van der Waals surface area contributed by atoms with Crippen molar-refractivity contribution < 1.29 is 46.6 Å². The fourth-order valence-corrected chi connectivity index (χ4v) is 4.13. The number of ketones is 1. The van der Waals surface area contributed by atoms with Crippen LogP contribution in [-0.4, -0.2) is 30.8 Å². The quantitative estimate of drug-likeness (QED) is 0.100. The minimum Gasteiger partial charge on any atom is -0.465 e. The first-order valence-corrected chi connectivity index (χ1v) is 12.5. The van der Waals surface area contributed by atoms with Crippen LogP contribution >= 0.6 is 0 Å². The molecule has 0 spiro atoms. The zero-order valence-corrected chi connectivity index (χ0v) is 22.6.